The van der Waals surface area contributed by atoms with Crippen molar-refractivity contribution >= 4 is 39.8 Å². The minimum Gasteiger partial charge on any atom is -0.398 e. The molecule has 0 atom stereocenters. The highest BCUT2D eigenvalue weighted by Gasteiger charge is 2.07. The van der Waals surface area contributed by atoms with Gasteiger partial charge in [0.15, 0.2) is 0 Å². The fraction of sp³-hybridized carbons (Fsp3) is 0.182. The molecular formula is C11H10Cl2N2. The highest BCUT2D eigenvalue weighted by Crippen LogP contribution is 2.31. The van der Waals surface area contributed by atoms with Crippen LogP contribution in [0, 0.1) is 0 Å². The van der Waals surface area contributed by atoms with Gasteiger partial charge in [-0.2, -0.15) is 0 Å². The number of hydrogen-bond donors (Lipinski definition) is 1. The van der Waals surface area contributed by atoms with Crippen LogP contribution < -0.4 is 5.73 Å². The van der Waals surface area contributed by atoms with E-state index < -0.39 is 0 Å². The molecule has 4 heteroatoms. The zero-order chi connectivity index (χ0) is 11.0. The fourth-order valence-electron chi connectivity index (χ4n) is 1.55. The minimum atomic E-state index is 0.546. The standard InChI is InChI=1S/C11H10Cl2N2/c1-2-7-5-9(14)11-8(13)3-6(12)4-10(11)15-7/h3-5H,2H2,1H3,(H2,14,15). The lowest BCUT2D eigenvalue weighted by Crippen LogP contribution is -1.95. The summed E-state index contributed by atoms with van der Waals surface area (Å²) in [5.41, 5.74) is 8.26. The number of fused-ring (bicyclic) bond motifs is 1. The average molecular weight is 241 g/mol. The first-order valence-corrected chi connectivity index (χ1v) is 5.41. The van der Waals surface area contributed by atoms with Crippen LogP contribution in [0.25, 0.3) is 10.9 Å². The van der Waals surface area contributed by atoms with Crippen molar-refractivity contribution in [3.8, 4) is 0 Å². The Bertz CT molecular complexity index is 523. The van der Waals surface area contributed by atoms with Gasteiger partial charge >= 0.3 is 0 Å². The number of pyridine rings is 1. The molecule has 0 unspecified atom stereocenters. The normalized spacial score (nSPS) is 10.9. The minimum absolute atomic E-state index is 0.546. The highest BCUT2D eigenvalue weighted by atomic mass is 35.5. The van der Waals surface area contributed by atoms with Gasteiger partial charge in [-0.05, 0) is 24.6 Å². The van der Waals surface area contributed by atoms with Gasteiger partial charge in [-0.3, -0.25) is 4.98 Å². The third kappa shape index (κ3) is 1.87. The number of benzene rings is 1. The van der Waals surface area contributed by atoms with Crippen LogP contribution in [0.2, 0.25) is 10.0 Å². The fourth-order valence-corrected chi connectivity index (χ4v) is 2.15. The Labute approximate surface area is 98.0 Å². The van der Waals surface area contributed by atoms with Gasteiger partial charge in [0.1, 0.15) is 0 Å². The molecule has 2 rings (SSSR count). The molecule has 1 aromatic carbocycles. The molecule has 0 spiro atoms. The van der Waals surface area contributed by atoms with Gasteiger partial charge in [0.05, 0.1) is 10.5 Å². The van der Waals surface area contributed by atoms with Gasteiger partial charge in [0.25, 0.3) is 0 Å². The summed E-state index contributed by atoms with van der Waals surface area (Å²) in [6.07, 6.45) is 0.838. The monoisotopic (exact) mass is 240 g/mol. The number of halogens is 2. The van der Waals surface area contributed by atoms with Gasteiger partial charge in [-0.15, -0.1) is 0 Å². The Morgan fingerprint density at radius 2 is 2.00 bits per heavy atom. The van der Waals surface area contributed by atoms with Crippen molar-refractivity contribution < 1.29 is 0 Å². The molecule has 2 nitrogen and oxygen atoms in total. The number of nitrogens with two attached hydrogens (primary N) is 1. The molecule has 0 amide bonds. The van der Waals surface area contributed by atoms with Crippen molar-refractivity contribution in [2.45, 2.75) is 13.3 Å². The second-order valence-electron chi connectivity index (χ2n) is 3.34. The molecule has 0 bridgehead atoms. The van der Waals surface area contributed by atoms with E-state index in [2.05, 4.69) is 4.98 Å². The van der Waals surface area contributed by atoms with E-state index in [9.17, 15) is 0 Å². The molecule has 0 aliphatic rings. The van der Waals surface area contributed by atoms with E-state index in [4.69, 9.17) is 28.9 Å². The zero-order valence-corrected chi connectivity index (χ0v) is 9.73. The number of hydrogen-bond acceptors (Lipinski definition) is 2. The van der Waals surface area contributed by atoms with Crippen LogP contribution in [0.1, 0.15) is 12.6 Å². The Hall–Kier alpha value is -0.990. The maximum absolute atomic E-state index is 6.06. The van der Waals surface area contributed by atoms with Crippen LogP contribution in [0.4, 0.5) is 5.69 Å². The summed E-state index contributed by atoms with van der Waals surface area (Å²) in [6.45, 7) is 2.03. The molecule has 0 aliphatic heterocycles. The molecule has 2 aromatic rings. The molecule has 15 heavy (non-hydrogen) atoms. The first kappa shape index (κ1) is 10.5. The summed E-state index contributed by atoms with van der Waals surface area (Å²) in [4.78, 5) is 4.43. The Morgan fingerprint density at radius 3 is 2.67 bits per heavy atom. The van der Waals surface area contributed by atoms with Crippen molar-refractivity contribution in [3.05, 3.63) is 33.9 Å². The van der Waals surface area contributed by atoms with Crippen molar-refractivity contribution in [1.82, 2.24) is 4.98 Å². The summed E-state index contributed by atoms with van der Waals surface area (Å²) < 4.78 is 0. The number of nitrogens with zero attached hydrogens (tertiary/aromatic N) is 1. The number of nitrogen functional groups attached to an aromatic ring is 1. The van der Waals surface area contributed by atoms with Gasteiger partial charge < -0.3 is 5.73 Å². The van der Waals surface area contributed by atoms with Crippen LogP contribution in [0.15, 0.2) is 18.2 Å². The van der Waals surface area contributed by atoms with E-state index in [0.717, 1.165) is 23.0 Å². The maximum atomic E-state index is 6.06. The van der Waals surface area contributed by atoms with Gasteiger partial charge in [0, 0.05) is 21.8 Å². The molecule has 0 saturated heterocycles. The van der Waals surface area contributed by atoms with Crippen molar-refractivity contribution in [1.29, 1.82) is 0 Å². The van der Waals surface area contributed by atoms with Gasteiger partial charge in [-0.1, -0.05) is 30.1 Å². The highest BCUT2D eigenvalue weighted by molar-refractivity contribution is 6.39. The van der Waals surface area contributed by atoms with Gasteiger partial charge in [-0.25, -0.2) is 0 Å². The molecule has 1 heterocycles. The smallest absolute Gasteiger partial charge is 0.0755 e. The van der Waals surface area contributed by atoms with Crippen LogP contribution in [-0.2, 0) is 6.42 Å². The lowest BCUT2D eigenvalue weighted by atomic mass is 10.1. The number of rotatable bonds is 1. The van der Waals surface area contributed by atoms with E-state index in [1.807, 2.05) is 13.0 Å². The third-order valence-electron chi connectivity index (χ3n) is 2.27. The second-order valence-corrected chi connectivity index (χ2v) is 4.18. The largest absolute Gasteiger partial charge is 0.398 e. The van der Waals surface area contributed by atoms with E-state index in [1.165, 1.54) is 0 Å². The Kier molecular flexibility index (Phi) is 2.72. The third-order valence-corrected chi connectivity index (χ3v) is 2.79. The van der Waals surface area contributed by atoms with Crippen LogP contribution in [0.3, 0.4) is 0 Å². The predicted octanol–water partition coefficient (Wildman–Crippen LogP) is 3.69. The summed E-state index contributed by atoms with van der Waals surface area (Å²) in [6, 6.07) is 5.30. The maximum Gasteiger partial charge on any atom is 0.0755 e. The van der Waals surface area contributed by atoms with Crippen molar-refractivity contribution in [2.75, 3.05) is 5.73 Å². The van der Waals surface area contributed by atoms with Crippen LogP contribution in [0.5, 0.6) is 0 Å². The molecule has 2 N–H and O–H groups in total. The summed E-state index contributed by atoms with van der Waals surface area (Å²) in [5.74, 6) is 0. The van der Waals surface area contributed by atoms with Crippen LogP contribution >= 0.6 is 23.2 Å². The molecule has 1 aromatic heterocycles. The Morgan fingerprint density at radius 1 is 1.27 bits per heavy atom. The molecular weight excluding hydrogens is 231 g/mol. The molecule has 0 radical (unpaired) electrons. The summed E-state index contributed by atoms with van der Waals surface area (Å²) in [7, 11) is 0. The second kappa shape index (κ2) is 3.87. The number of anilines is 1. The quantitative estimate of drug-likeness (QED) is 0.826. The number of aromatic nitrogens is 1. The molecule has 0 fully saturated rings. The lowest BCUT2D eigenvalue weighted by molar-refractivity contribution is 1.06. The van der Waals surface area contributed by atoms with Gasteiger partial charge in [0.2, 0.25) is 0 Å². The number of aryl methyl sites for hydroxylation is 1. The molecule has 0 aliphatic carbocycles. The van der Waals surface area contributed by atoms with E-state index >= 15 is 0 Å². The average Bonchev–Trinajstić information content (AvgIpc) is 2.15. The van der Waals surface area contributed by atoms with Crippen molar-refractivity contribution in [3.63, 3.8) is 0 Å². The van der Waals surface area contributed by atoms with Crippen LogP contribution in [-0.4, -0.2) is 4.98 Å². The lowest BCUT2D eigenvalue weighted by Gasteiger charge is -2.07. The summed E-state index contributed by atoms with van der Waals surface area (Å²) in [5, 5.41) is 1.90. The van der Waals surface area contributed by atoms with Crippen molar-refractivity contribution in [2.24, 2.45) is 0 Å². The molecule has 78 valence electrons. The van der Waals surface area contributed by atoms with E-state index in [1.54, 1.807) is 12.1 Å². The topological polar surface area (TPSA) is 38.9 Å². The Balaban J connectivity index is 2.85. The SMILES string of the molecule is CCc1cc(N)c2c(Cl)cc(Cl)cc2n1. The zero-order valence-electron chi connectivity index (χ0n) is 8.22. The van der Waals surface area contributed by atoms with E-state index in [-0.39, 0.29) is 0 Å². The first-order valence-electron chi connectivity index (χ1n) is 4.66. The summed E-state index contributed by atoms with van der Waals surface area (Å²) >= 11 is 12.0. The molecule has 0 saturated carbocycles. The van der Waals surface area contributed by atoms with E-state index in [0.29, 0.717) is 15.7 Å². The predicted molar refractivity (Wildman–Crippen MR) is 65.6 cm³/mol. The first-order chi connectivity index (χ1) is 7.11.